The van der Waals surface area contributed by atoms with Gasteiger partial charge < -0.3 is 10.6 Å². The van der Waals surface area contributed by atoms with Gasteiger partial charge in [-0.25, -0.2) is 4.39 Å². The van der Waals surface area contributed by atoms with Crippen molar-refractivity contribution in [1.82, 2.24) is 4.90 Å². The average molecular weight is 171 g/mol. The summed E-state index contributed by atoms with van der Waals surface area (Å²) in [6, 6.07) is 1.24. The number of amides is 1. The Morgan fingerprint density at radius 3 is 3.00 bits per heavy atom. The molecule has 1 unspecified atom stereocenters. The topological polar surface area (TPSA) is 70.1 Å². The Balaban J connectivity index is 2.65. The number of hydrogen-bond acceptors (Lipinski definition) is 3. The minimum absolute atomic E-state index is 0.00819. The molecule has 5 heteroatoms. The second-order valence-corrected chi connectivity index (χ2v) is 2.73. The van der Waals surface area contributed by atoms with Crippen molar-refractivity contribution >= 4 is 5.91 Å². The number of carbonyl (C=O) groups is 1. The molecule has 0 aromatic carbocycles. The van der Waals surface area contributed by atoms with Gasteiger partial charge in [0, 0.05) is 6.42 Å². The molecule has 0 bridgehead atoms. The molecule has 1 saturated heterocycles. The van der Waals surface area contributed by atoms with Gasteiger partial charge in [0.25, 0.3) is 0 Å². The van der Waals surface area contributed by atoms with E-state index in [1.807, 2.05) is 6.07 Å². The van der Waals surface area contributed by atoms with Gasteiger partial charge in [0.05, 0.1) is 19.2 Å². The first-order valence-corrected chi connectivity index (χ1v) is 3.72. The number of hydrogen-bond donors (Lipinski definition) is 1. The summed E-state index contributed by atoms with van der Waals surface area (Å²) in [4.78, 5) is 12.2. The molecule has 0 spiro atoms. The SMILES string of the molecule is N#C[C@@H]1CC(F)CN1C(=O)CN. The monoisotopic (exact) mass is 171 g/mol. The van der Waals surface area contributed by atoms with Crippen molar-refractivity contribution in [3.05, 3.63) is 0 Å². The largest absolute Gasteiger partial charge is 0.323 e. The van der Waals surface area contributed by atoms with Gasteiger partial charge in [-0.3, -0.25) is 4.79 Å². The maximum absolute atomic E-state index is 12.7. The molecule has 4 nitrogen and oxygen atoms in total. The molecule has 1 fully saturated rings. The van der Waals surface area contributed by atoms with E-state index in [0.717, 1.165) is 0 Å². The first kappa shape index (κ1) is 8.94. The highest BCUT2D eigenvalue weighted by Gasteiger charge is 2.34. The van der Waals surface area contributed by atoms with E-state index in [1.54, 1.807) is 0 Å². The Bertz CT molecular complexity index is 225. The zero-order valence-corrected chi connectivity index (χ0v) is 6.53. The van der Waals surface area contributed by atoms with Gasteiger partial charge in [0.15, 0.2) is 0 Å². The van der Waals surface area contributed by atoms with Crippen LogP contribution in [0.5, 0.6) is 0 Å². The summed E-state index contributed by atoms with van der Waals surface area (Å²) in [5.74, 6) is -0.360. The van der Waals surface area contributed by atoms with Gasteiger partial charge in [0.1, 0.15) is 12.2 Å². The molecule has 0 aliphatic carbocycles. The van der Waals surface area contributed by atoms with E-state index in [0.29, 0.717) is 0 Å². The number of likely N-dealkylation sites (tertiary alicyclic amines) is 1. The number of rotatable bonds is 1. The number of nitrogens with two attached hydrogens (primary N) is 1. The van der Waals surface area contributed by atoms with Crippen molar-refractivity contribution in [2.45, 2.75) is 18.6 Å². The molecule has 0 radical (unpaired) electrons. The second-order valence-electron chi connectivity index (χ2n) is 2.73. The standard InChI is InChI=1S/C7H10FN3O/c8-5-1-6(2-9)11(4-5)7(12)3-10/h5-6H,1,3-4,10H2/t5?,6-/m0/s1. The molecule has 2 atom stereocenters. The number of alkyl halides is 1. The molecule has 1 rings (SSSR count). The van der Waals surface area contributed by atoms with Crippen LogP contribution in [0, 0.1) is 11.3 Å². The smallest absolute Gasteiger partial charge is 0.237 e. The number of nitriles is 1. The van der Waals surface area contributed by atoms with Gasteiger partial charge in [-0.2, -0.15) is 5.26 Å². The molecule has 66 valence electrons. The fourth-order valence-electron chi connectivity index (χ4n) is 1.30. The average Bonchev–Trinajstić information content (AvgIpc) is 2.45. The highest BCUT2D eigenvalue weighted by atomic mass is 19.1. The lowest BCUT2D eigenvalue weighted by atomic mass is 10.2. The fraction of sp³-hybridized carbons (Fsp3) is 0.714. The predicted molar refractivity (Wildman–Crippen MR) is 39.7 cm³/mol. The summed E-state index contributed by atoms with van der Waals surface area (Å²) in [5.41, 5.74) is 5.09. The Labute approximate surface area is 69.7 Å². The Morgan fingerprint density at radius 2 is 2.50 bits per heavy atom. The van der Waals surface area contributed by atoms with E-state index in [9.17, 15) is 9.18 Å². The third-order valence-corrected chi connectivity index (χ3v) is 1.89. The van der Waals surface area contributed by atoms with Gasteiger partial charge in [0.2, 0.25) is 5.91 Å². The summed E-state index contributed by atoms with van der Waals surface area (Å²) in [5, 5.41) is 8.55. The van der Waals surface area contributed by atoms with Crippen LogP contribution in [0.2, 0.25) is 0 Å². The maximum Gasteiger partial charge on any atom is 0.237 e. The molecule has 12 heavy (non-hydrogen) atoms. The van der Waals surface area contributed by atoms with E-state index in [1.165, 1.54) is 4.90 Å². The van der Waals surface area contributed by atoms with E-state index >= 15 is 0 Å². The van der Waals surface area contributed by atoms with Crippen LogP contribution in [0.4, 0.5) is 4.39 Å². The Kier molecular flexibility index (Phi) is 2.61. The van der Waals surface area contributed by atoms with E-state index in [2.05, 4.69) is 0 Å². The van der Waals surface area contributed by atoms with Gasteiger partial charge in [-0.15, -0.1) is 0 Å². The third kappa shape index (κ3) is 1.53. The highest BCUT2D eigenvalue weighted by Crippen LogP contribution is 2.19. The van der Waals surface area contributed by atoms with E-state index < -0.39 is 12.2 Å². The summed E-state index contributed by atoms with van der Waals surface area (Å²) in [6.45, 7) is -0.154. The lowest BCUT2D eigenvalue weighted by molar-refractivity contribution is -0.129. The molecular weight excluding hydrogens is 161 g/mol. The van der Waals surface area contributed by atoms with Crippen molar-refractivity contribution in [3.63, 3.8) is 0 Å². The zero-order valence-electron chi connectivity index (χ0n) is 6.53. The van der Waals surface area contributed by atoms with Crippen molar-refractivity contribution < 1.29 is 9.18 Å². The summed E-state index contributed by atoms with van der Waals surface area (Å²) < 4.78 is 12.7. The van der Waals surface area contributed by atoms with Crippen molar-refractivity contribution in [1.29, 1.82) is 5.26 Å². The molecular formula is C7H10FN3O. The van der Waals surface area contributed by atoms with Crippen LogP contribution in [0.25, 0.3) is 0 Å². The van der Waals surface area contributed by atoms with E-state index in [-0.39, 0.29) is 25.4 Å². The van der Waals surface area contributed by atoms with E-state index in [4.69, 9.17) is 11.0 Å². The van der Waals surface area contributed by atoms with Crippen LogP contribution < -0.4 is 5.73 Å². The van der Waals surface area contributed by atoms with Gasteiger partial charge in [-0.1, -0.05) is 0 Å². The fourth-order valence-corrected chi connectivity index (χ4v) is 1.30. The first-order chi connectivity index (χ1) is 5.69. The zero-order chi connectivity index (χ0) is 9.14. The summed E-state index contributed by atoms with van der Waals surface area (Å²) in [6.07, 6.45) is -0.965. The number of nitrogens with zero attached hydrogens (tertiary/aromatic N) is 2. The van der Waals surface area contributed by atoms with Crippen LogP contribution in [-0.2, 0) is 4.79 Å². The third-order valence-electron chi connectivity index (χ3n) is 1.89. The quantitative estimate of drug-likeness (QED) is 0.573. The van der Waals surface area contributed by atoms with Crippen LogP contribution in [0.3, 0.4) is 0 Å². The molecule has 1 amide bonds. The molecule has 0 aromatic heterocycles. The molecule has 1 heterocycles. The van der Waals surface area contributed by atoms with Crippen molar-refractivity contribution in [2.24, 2.45) is 5.73 Å². The Morgan fingerprint density at radius 1 is 1.83 bits per heavy atom. The molecule has 1 aliphatic rings. The lowest BCUT2D eigenvalue weighted by Crippen LogP contribution is -2.39. The lowest BCUT2D eigenvalue weighted by Gasteiger charge is -2.17. The molecule has 2 N–H and O–H groups in total. The first-order valence-electron chi connectivity index (χ1n) is 3.72. The molecule has 0 saturated carbocycles. The minimum Gasteiger partial charge on any atom is -0.323 e. The number of carbonyl (C=O) groups excluding carboxylic acids is 1. The van der Waals surface area contributed by atoms with Crippen molar-refractivity contribution in [2.75, 3.05) is 13.1 Å². The Hall–Kier alpha value is -1.15. The number of halogens is 1. The predicted octanol–water partition coefficient (Wildman–Crippen LogP) is -0.592. The normalized spacial score (nSPS) is 28.6. The minimum atomic E-state index is -1.08. The van der Waals surface area contributed by atoms with Crippen molar-refractivity contribution in [3.8, 4) is 6.07 Å². The van der Waals surface area contributed by atoms with Crippen LogP contribution in [0.15, 0.2) is 0 Å². The second kappa shape index (κ2) is 3.50. The molecule has 1 aliphatic heterocycles. The van der Waals surface area contributed by atoms with Crippen LogP contribution in [0.1, 0.15) is 6.42 Å². The van der Waals surface area contributed by atoms with Crippen LogP contribution in [-0.4, -0.2) is 36.1 Å². The van der Waals surface area contributed by atoms with Gasteiger partial charge in [-0.05, 0) is 0 Å². The van der Waals surface area contributed by atoms with Crippen LogP contribution >= 0.6 is 0 Å². The summed E-state index contributed by atoms with van der Waals surface area (Å²) in [7, 11) is 0. The highest BCUT2D eigenvalue weighted by molar-refractivity contribution is 5.79. The van der Waals surface area contributed by atoms with Gasteiger partial charge >= 0.3 is 0 Å². The maximum atomic E-state index is 12.7. The molecule has 0 aromatic rings. The summed E-state index contributed by atoms with van der Waals surface area (Å²) >= 11 is 0.